The number of aromatic nitrogens is 2. The Hall–Kier alpha value is -3.86. The van der Waals surface area contributed by atoms with Crippen LogP contribution in [0, 0.1) is 0 Å². The molecule has 4 rings (SSSR count). The molecule has 0 atom stereocenters. The van der Waals surface area contributed by atoms with Gasteiger partial charge in [-0.1, -0.05) is 36.4 Å². The van der Waals surface area contributed by atoms with E-state index in [9.17, 15) is 9.90 Å². The Labute approximate surface area is 168 Å². The first-order chi connectivity index (χ1) is 14.2. The van der Waals surface area contributed by atoms with E-state index < -0.39 is 5.97 Å². The number of carboxylic acids is 1. The topological polar surface area (TPSA) is 64.4 Å². The average Bonchev–Trinajstić information content (AvgIpc) is 3.08. The van der Waals surface area contributed by atoms with E-state index in [0.717, 1.165) is 34.3 Å². The minimum atomic E-state index is -0.909. The van der Waals surface area contributed by atoms with Gasteiger partial charge in [0.15, 0.2) is 0 Å². The molecule has 5 nitrogen and oxygen atoms in total. The van der Waals surface area contributed by atoms with Crippen LogP contribution in [0.15, 0.2) is 85.5 Å². The second-order valence-corrected chi connectivity index (χ2v) is 6.63. The van der Waals surface area contributed by atoms with E-state index >= 15 is 0 Å². The number of allylic oxidation sites excluding steroid dienone is 1. The third-order valence-corrected chi connectivity index (χ3v) is 4.63. The quantitative estimate of drug-likeness (QED) is 0.439. The van der Waals surface area contributed by atoms with Crippen LogP contribution < -0.4 is 4.74 Å². The molecule has 0 bridgehead atoms. The summed E-state index contributed by atoms with van der Waals surface area (Å²) in [7, 11) is 0. The van der Waals surface area contributed by atoms with Gasteiger partial charge in [-0.15, -0.1) is 6.58 Å². The normalized spacial score (nSPS) is 10.8. The van der Waals surface area contributed by atoms with E-state index in [0.29, 0.717) is 11.6 Å². The number of carboxylic acid groups (broad SMARTS) is 1. The van der Waals surface area contributed by atoms with Crippen LogP contribution in [-0.2, 0) is 17.8 Å². The van der Waals surface area contributed by atoms with Crippen molar-refractivity contribution in [3.05, 3.63) is 91.0 Å². The Morgan fingerprint density at radius 1 is 1.03 bits per heavy atom. The van der Waals surface area contributed by atoms with E-state index in [1.165, 1.54) is 0 Å². The van der Waals surface area contributed by atoms with Crippen molar-refractivity contribution in [3.8, 4) is 22.9 Å². The van der Waals surface area contributed by atoms with Crippen LogP contribution in [0.3, 0.4) is 0 Å². The maximum atomic E-state index is 11.4. The third kappa shape index (κ3) is 3.89. The van der Waals surface area contributed by atoms with Crippen molar-refractivity contribution in [2.75, 3.05) is 0 Å². The Balaban J connectivity index is 1.67. The van der Waals surface area contributed by atoms with E-state index in [2.05, 4.69) is 11.6 Å². The molecule has 0 radical (unpaired) electrons. The van der Waals surface area contributed by atoms with Crippen LogP contribution >= 0.6 is 0 Å². The average molecular weight is 384 g/mol. The monoisotopic (exact) mass is 384 g/mol. The number of ether oxygens (including phenoxy) is 1. The maximum Gasteiger partial charge on any atom is 0.323 e. The number of fused-ring (bicyclic) bond motifs is 1. The van der Waals surface area contributed by atoms with Gasteiger partial charge in [0.1, 0.15) is 23.9 Å². The molecule has 0 saturated heterocycles. The van der Waals surface area contributed by atoms with Crippen LogP contribution in [0.5, 0.6) is 11.5 Å². The first-order valence-corrected chi connectivity index (χ1v) is 9.30. The summed E-state index contributed by atoms with van der Waals surface area (Å²) in [5.41, 5.74) is 3.45. The molecule has 1 aromatic heterocycles. The zero-order chi connectivity index (χ0) is 20.2. The second kappa shape index (κ2) is 8.02. The van der Waals surface area contributed by atoms with Gasteiger partial charge in [-0.2, -0.15) is 0 Å². The summed E-state index contributed by atoms with van der Waals surface area (Å²) >= 11 is 0. The molecule has 29 heavy (non-hydrogen) atoms. The summed E-state index contributed by atoms with van der Waals surface area (Å²) in [4.78, 5) is 16.0. The van der Waals surface area contributed by atoms with Gasteiger partial charge in [-0.05, 0) is 54.4 Å². The van der Waals surface area contributed by atoms with E-state index in [4.69, 9.17) is 4.74 Å². The largest absolute Gasteiger partial charge is 0.480 e. The number of para-hydroxylation sites is 3. The number of hydrogen-bond acceptors (Lipinski definition) is 3. The lowest BCUT2D eigenvalue weighted by atomic mass is 10.1. The highest BCUT2D eigenvalue weighted by atomic mass is 16.5. The summed E-state index contributed by atoms with van der Waals surface area (Å²) in [5.74, 6) is 1.20. The molecular weight excluding hydrogens is 364 g/mol. The van der Waals surface area contributed by atoms with Gasteiger partial charge >= 0.3 is 5.97 Å². The fourth-order valence-corrected chi connectivity index (χ4v) is 3.32. The van der Waals surface area contributed by atoms with E-state index in [1.54, 1.807) is 4.57 Å². The summed E-state index contributed by atoms with van der Waals surface area (Å²) < 4.78 is 7.75. The first kappa shape index (κ1) is 18.5. The van der Waals surface area contributed by atoms with Gasteiger partial charge in [-0.25, -0.2) is 4.98 Å². The molecule has 3 aromatic carbocycles. The molecule has 0 aliphatic rings. The van der Waals surface area contributed by atoms with Crippen molar-refractivity contribution < 1.29 is 14.6 Å². The SMILES string of the molecule is C=CCc1ccccc1Oc1ccc(-c2nc3ccccc3n2CC(=O)O)cc1. The molecule has 0 spiro atoms. The zero-order valence-corrected chi connectivity index (χ0v) is 15.8. The first-order valence-electron chi connectivity index (χ1n) is 9.30. The van der Waals surface area contributed by atoms with Crippen molar-refractivity contribution >= 4 is 17.0 Å². The Kier molecular flexibility index (Phi) is 5.12. The smallest absolute Gasteiger partial charge is 0.323 e. The minimum absolute atomic E-state index is 0.150. The van der Waals surface area contributed by atoms with Crippen molar-refractivity contribution in [2.24, 2.45) is 0 Å². The molecule has 1 N–H and O–H groups in total. The number of nitrogens with zero attached hydrogens (tertiary/aromatic N) is 2. The molecular formula is C24H20N2O3. The number of benzene rings is 3. The third-order valence-electron chi connectivity index (χ3n) is 4.63. The van der Waals surface area contributed by atoms with Gasteiger partial charge in [0.05, 0.1) is 11.0 Å². The van der Waals surface area contributed by atoms with Crippen LogP contribution in [0.2, 0.25) is 0 Å². The zero-order valence-electron chi connectivity index (χ0n) is 15.8. The molecule has 144 valence electrons. The Morgan fingerprint density at radius 3 is 2.52 bits per heavy atom. The number of imidazole rings is 1. The fourth-order valence-electron chi connectivity index (χ4n) is 3.32. The van der Waals surface area contributed by atoms with E-state index in [1.807, 2.05) is 78.9 Å². The predicted molar refractivity (Wildman–Crippen MR) is 113 cm³/mol. The summed E-state index contributed by atoms with van der Waals surface area (Å²) in [6, 6.07) is 22.9. The molecule has 0 unspecified atom stereocenters. The molecule has 0 fully saturated rings. The fraction of sp³-hybridized carbons (Fsp3) is 0.0833. The second-order valence-electron chi connectivity index (χ2n) is 6.63. The van der Waals surface area contributed by atoms with Gasteiger partial charge in [0.2, 0.25) is 0 Å². The molecule has 4 aromatic rings. The van der Waals surface area contributed by atoms with Gasteiger partial charge in [-0.3, -0.25) is 4.79 Å². The van der Waals surface area contributed by atoms with Gasteiger partial charge < -0.3 is 14.4 Å². The Bertz CT molecular complexity index is 1180. The Morgan fingerprint density at radius 2 is 1.76 bits per heavy atom. The molecule has 1 heterocycles. The van der Waals surface area contributed by atoms with Crippen LogP contribution in [0.1, 0.15) is 5.56 Å². The van der Waals surface area contributed by atoms with Crippen molar-refractivity contribution in [1.82, 2.24) is 9.55 Å². The highest BCUT2D eigenvalue weighted by Crippen LogP contribution is 2.29. The summed E-state index contributed by atoms with van der Waals surface area (Å²) in [6.45, 7) is 3.64. The van der Waals surface area contributed by atoms with E-state index in [-0.39, 0.29) is 6.54 Å². The number of carbonyl (C=O) groups is 1. The standard InChI is InChI=1S/C24H20N2O3/c1-2-7-17-8-3-6-11-22(17)29-19-14-12-18(13-15-19)24-25-20-9-4-5-10-21(20)26(24)16-23(27)28/h2-6,8-15H,1,7,16H2,(H,27,28). The van der Waals surface area contributed by atoms with Gasteiger partial charge in [0, 0.05) is 5.56 Å². The van der Waals surface area contributed by atoms with Crippen molar-refractivity contribution in [2.45, 2.75) is 13.0 Å². The number of aliphatic carboxylic acids is 1. The number of hydrogen-bond donors (Lipinski definition) is 1. The predicted octanol–water partition coefficient (Wildman–Crippen LogP) is 5.31. The maximum absolute atomic E-state index is 11.4. The molecule has 0 aliphatic heterocycles. The lowest BCUT2D eigenvalue weighted by Crippen LogP contribution is -2.09. The molecule has 0 aliphatic carbocycles. The van der Waals surface area contributed by atoms with Crippen molar-refractivity contribution in [3.63, 3.8) is 0 Å². The molecule has 0 saturated carbocycles. The lowest BCUT2D eigenvalue weighted by molar-refractivity contribution is -0.137. The lowest BCUT2D eigenvalue weighted by Gasteiger charge is -2.11. The molecule has 5 heteroatoms. The summed E-state index contributed by atoms with van der Waals surface area (Å²) in [5, 5.41) is 9.32. The molecule has 0 amide bonds. The summed E-state index contributed by atoms with van der Waals surface area (Å²) in [6.07, 6.45) is 2.58. The highest BCUT2D eigenvalue weighted by Gasteiger charge is 2.15. The van der Waals surface area contributed by atoms with Crippen LogP contribution in [0.25, 0.3) is 22.4 Å². The highest BCUT2D eigenvalue weighted by molar-refractivity contribution is 5.82. The minimum Gasteiger partial charge on any atom is -0.480 e. The van der Waals surface area contributed by atoms with Crippen LogP contribution in [0.4, 0.5) is 0 Å². The van der Waals surface area contributed by atoms with Crippen LogP contribution in [-0.4, -0.2) is 20.6 Å². The number of rotatable bonds is 7. The van der Waals surface area contributed by atoms with Crippen molar-refractivity contribution in [1.29, 1.82) is 0 Å². The van der Waals surface area contributed by atoms with Gasteiger partial charge in [0.25, 0.3) is 0 Å².